The summed E-state index contributed by atoms with van der Waals surface area (Å²) < 4.78 is 26.1. The number of nitriles is 1. The van der Waals surface area contributed by atoms with Gasteiger partial charge >= 0.3 is 0 Å². The summed E-state index contributed by atoms with van der Waals surface area (Å²) in [7, 11) is -3.63. The van der Waals surface area contributed by atoms with E-state index in [9.17, 15) is 8.42 Å². The molecule has 92 valence electrons. The van der Waals surface area contributed by atoms with Crippen molar-refractivity contribution in [3.63, 3.8) is 0 Å². The number of aryl methyl sites for hydroxylation is 2. The minimum Gasteiger partial charge on any atom is -0.282 e. The van der Waals surface area contributed by atoms with Gasteiger partial charge in [-0.05, 0) is 31.4 Å². The number of nitrogens with zero attached hydrogens (tertiary/aromatic N) is 1. The highest BCUT2D eigenvalue weighted by atomic mass is 32.2. The second-order valence-corrected chi connectivity index (χ2v) is 5.88. The highest BCUT2D eigenvalue weighted by molar-refractivity contribution is 7.93. The molecule has 0 aromatic heterocycles. The van der Waals surface area contributed by atoms with Crippen LogP contribution in [0.2, 0.25) is 0 Å². The van der Waals surface area contributed by atoms with Crippen molar-refractivity contribution in [2.75, 3.05) is 4.72 Å². The van der Waals surface area contributed by atoms with Crippen molar-refractivity contribution in [3.8, 4) is 6.07 Å². The topological polar surface area (TPSA) is 70.0 Å². The summed E-state index contributed by atoms with van der Waals surface area (Å²) in [4.78, 5) is 0. The molecule has 5 heteroatoms. The van der Waals surface area contributed by atoms with Crippen molar-refractivity contribution in [1.29, 1.82) is 5.26 Å². The quantitative estimate of drug-likeness (QED) is 0.893. The van der Waals surface area contributed by atoms with E-state index >= 15 is 0 Å². The average Bonchev–Trinajstić information content (AvgIpc) is 2.30. The zero-order chi connectivity index (χ0) is 13.1. The van der Waals surface area contributed by atoms with Crippen LogP contribution in [-0.4, -0.2) is 13.7 Å². The Morgan fingerprint density at radius 3 is 2.65 bits per heavy atom. The van der Waals surface area contributed by atoms with Crippen LogP contribution >= 0.6 is 0 Å². The molecule has 0 saturated heterocycles. The molecule has 0 spiro atoms. The molecule has 17 heavy (non-hydrogen) atoms. The zero-order valence-electron chi connectivity index (χ0n) is 10.2. The minimum atomic E-state index is -3.63. The van der Waals surface area contributed by atoms with Gasteiger partial charge in [-0.2, -0.15) is 5.26 Å². The molecule has 1 N–H and O–H groups in total. The van der Waals surface area contributed by atoms with E-state index in [1.54, 1.807) is 6.07 Å². The van der Waals surface area contributed by atoms with Crippen molar-refractivity contribution in [3.05, 3.63) is 29.3 Å². The Morgan fingerprint density at radius 1 is 1.47 bits per heavy atom. The number of anilines is 1. The van der Waals surface area contributed by atoms with Crippen molar-refractivity contribution < 1.29 is 8.42 Å². The fraction of sp³-hybridized carbons (Fsp3) is 0.417. The lowest BCUT2D eigenvalue weighted by atomic mass is 10.1. The van der Waals surface area contributed by atoms with E-state index in [2.05, 4.69) is 4.72 Å². The van der Waals surface area contributed by atoms with Crippen LogP contribution in [0.15, 0.2) is 18.2 Å². The van der Waals surface area contributed by atoms with Gasteiger partial charge in [0.15, 0.2) is 5.25 Å². The van der Waals surface area contributed by atoms with Crippen LogP contribution in [0.4, 0.5) is 5.69 Å². The Kier molecular flexibility index (Phi) is 4.13. The molecule has 1 aromatic carbocycles. The van der Waals surface area contributed by atoms with Gasteiger partial charge in [0.05, 0.1) is 11.8 Å². The predicted molar refractivity (Wildman–Crippen MR) is 68.2 cm³/mol. The van der Waals surface area contributed by atoms with Crippen LogP contribution in [0.1, 0.15) is 25.0 Å². The summed E-state index contributed by atoms with van der Waals surface area (Å²) >= 11 is 0. The fourth-order valence-electron chi connectivity index (χ4n) is 1.47. The van der Waals surface area contributed by atoms with Gasteiger partial charge in [-0.15, -0.1) is 0 Å². The Hall–Kier alpha value is -1.54. The molecule has 0 radical (unpaired) electrons. The molecular weight excluding hydrogens is 236 g/mol. The first kappa shape index (κ1) is 13.5. The third kappa shape index (κ3) is 2.98. The largest absolute Gasteiger partial charge is 0.282 e. The number of rotatable bonds is 4. The average molecular weight is 252 g/mol. The lowest BCUT2D eigenvalue weighted by Gasteiger charge is -2.15. The van der Waals surface area contributed by atoms with Crippen LogP contribution < -0.4 is 4.72 Å². The first-order chi connectivity index (χ1) is 7.92. The maximum absolute atomic E-state index is 11.8. The summed E-state index contributed by atoms with van der Waals surface area (Å²) in [5, 5.41) is 7.61. The lowest BCUT2D eigenvalue weighted by molar-refractivity contribution is 0.597. The number of sulfonamides is 1. The first-order valence-electron chi connectivity index (χ1n) is 5.42. The minimum absolute atomic E-state index is 0.595. The molecule has 0 aliphatic rings. The Balaban J connectivity index is 3.17. The van der Waals surface area contributed by atoms with Crippen LogP contribution in [0, 0.1) is 18.3 Å². The van der Waals surface area contributed by atoms with E-state index in [1.165, 1.54) is 6.92 Å². The van der Waals surface area contributed by atoms with Crippen LogP contribution in [0.25, 0.3) is 0 Å². The maximum Gasteiger partial charge on any atom is 0.248 e. The first-order valence-corrected chi connectivity index (χ1v) is 6.96. The second kappa shape index (κ2) is 5.19. The third-order valence-corrected chi connectivity index (χ3v) is 4.16. The normalized spacial score (nSPS) is 12.8. The van der Waals surface area contributed by atoms with Crippen molar-refractivity contribution >= 4 is 15.7 Å². The number of para-hydroxylation sites is 1. The molecule has 0 heterocycles. The monoisotopic (exact) mass is 252 g/mol. The highest BCUT2D eigenvalue weighted by Crippen LogP contribution is 2.23. The van der Waals surface area contributed by atoms with Gasteiger partial charge in [0.25, 0.3) is 0 Å². The van der Waals surface area contributed by atoms with Crippen molar-refractivity contribution in [2.24, 2.45) is 0 Å². The summed E-state index contributed by atoms with van der Waals surface area (Å²) in [6.07, 6.45) is 0.737. The number of benzene rings is 1. The number of hydrogen-bond donors (Lipinski definition) is 1. The van der Waals surface area contributed by atoms with E-state index in [-0.39, 0.29) is 0 Å². The standard InChI is InChI=1S/C12H16N2O2S/c1-4-11-7-5-6-9(2)12(11)14-17(15,16)10(3)8-13/h5-7,10,14H,4H2,1-3H3. The van der Waals surface area contributed by atoms with E-state index in [4.69, 9.17) is 5.26 Å². The van der Waals surface area contributed by atoms with Crippen LogP contribution in [-0.2, 0) is 16.4 Å². The predicted octanol–water partition coefficient (Wildman–Crippen LogP) is 2.21. The molecule has 0 saturated carbocycles. The van der Waals surface area contributed by atoms with Gasteiger partial charge in [-0.3, -0.25) is 4.72 Å². The number of hydrogen-bond acceptors (Lipinski definition) is 3. The second-order valence-electron chi connectivity index (χ2n) is 3.88. The molecular formula is C12H16N2O2S. The molecule has 0 aliphatic carbocycles. The maximum atomic E-state index is 11.8. The van der Waals surface area contributed by atoms with Gasteiger partial charge in [0.1, 0.15) is 0 Å². The smallest absolute Gasteiger partial charge is 0.248 e. The Morgan fingerprint density at radius 2 is 2.12 bits per heavy atom. The van der Waals surface area contributed by atoms with Crippen molar-refractivity contribution in [2.45, 2.75) is 32.4 Å². The molecule has 0 bridgehead atoms. The third-order valence-electron chi connectivity index (χ3n) is 2.63. The molecule has 4 nitrogen and oxygen atoms in total. The van der Waals surface area contributed by atoms with Crippen LogP contribution in [0.5, 0.6) is 0 Å². The molecule has 1 rings (SSSR count). The SMILES string of the molecule is CCc1cccc(C)c1NS(=O)(=O)C(C)C#N. The Labute approximate surface area is 102 Å². The van der Waals surface area contributed by atoms with E-state index in [0.29, 0.717) is 5.69 Å². The van der Waals surface area contributed by atoms with E-state index in [0.717, 1.165) is 17.5 Å². The highest BCUT2D eigenvalue weighted by Gasteiger charge is 2.21. The Bertz CT molecular complexity index is 544. The molecule has 0 amide bonds. The lowest BCUT2D eigenvalue weighted by Crippen LogP contribution is -2.24. The molecule has 0 fully saturated rings. The van der Waals surface area contributed by atoms with Gasteiger partial charge in [0, 0.05) is 0 Å². The summed E-state index contributed by atoms with van der Waals surface area (Å²) in [6.45, 7) is 5.17. The summed E-state index contributed by atoms with van der Waals surface area (Å²) in [5.74, 6) is 0. The fourth-order valence-corrected chi connectivity index (χ4v) is 2.36. The molecule has 1 aromatic rings. The van der Waals surface area contributed by atoms with E-state index in [1.807, 2.05) is 32.0 Å². The summed E-state index contributed by atoms with van der Waals surface area (Å²) in [5.41, 5.74) is 2.38. The van der Waals surface area contributed by atoms with Gasteiger partial charge in [-0.25, -0.2) is 8.42 Å². The number of nitrogens with one attached hydrogen (secondary N) is 1. The molecule has 1 atom stereocenters. The molecule has 1 unspecified atom stereocenters. The summed E-state index contributed by atoms with van der Waals surface area (Å²) in [6, 6.07) is 7.34. The molecule has 0 aliphatic heterocycles. The van der Waals surface area contributed by atoms with Crippen molar-refractivity contribution in [1.82, 2.24) is 0 Å². The van der Waals surface area contributed by atoms with Gasteiger partial charge in [-0.1, -0.05) is 25.1 Å². The van der Waals surface area contributed by atoms with E-state index < -0.39 is 15.3 Å². The van der Waals surface area contributed by atoms with Gasteiger partial charge < -0.3 is 0 Å². The zero-order valence-corrected chi connectivity index (χ0v) is 11.0. The van der Waals surface area contributed by atoms with Gasteiger partial charge in [0.2, 0.25) is 10.0 Å². The van der Waals surface area contributed by atoms with Crippen LogP contribution in [0.3, 0.4) is 0 Å².